The third-order valence-corrected chi connectivity index (χ3v) is 7.44. The predicted molar refractivity (Wildman–Crippen MR) is 134 cm³/mol. The highest BCUT2D eigenvalue weighted by Gasteiger charge is 2.36. The second-order valence-corrected chi connectivity index (χ2v) is 9.79. The summed E-state index contributed by atoms with van der Waals surface area (Å²) in [7, 11) is 3.80. The van der Waals surface area contributed by atoms with Crippen molar-refractivity contribution in [3.63, 3.8) is 0 Å². The molecule has 8 heteroatoms. The maximum absolute atomic E-state index is 12.9. The molecule has 1 unspecified atom stereocenters. The van der Waals surface area contributed by atoms with E-state index in [9.17, 15) is 4.79 Å². The number of hydrogen-bond acceptors (Lipinski definition) is 5. The predicted octanol–water partition coefficient (Wildman–Crippen LogP) is 4.23. The Bertz CT molecular complexity index is 1450. The molecule has 6 rings (SSSR count). The topological polar surface area (TPSA) is 78.1 Å². The molecular weight excluding hydrogens is 440 g/mol. The second kappa shape index (κ2) is 8.30. The van der Waals surface area contributed by atoms with Crippen LogP contribution in [0.25, 0.3) is 33.3 Å². The second-order valence-electron chi connectivity index (χ2n) is 9.79. The number of carbonyl (C=O) groups is 1. The number of hydrogen-bond donors (Lipinski definition) is 0. The smallest absolute Gasteiger partial charge is 0.245 e. The SMILES string of the molecule is Cc1nn(C)cc1-c1cc2cccc(-c3nc(C4CCOCC4)n4c3CN(C)C(=O)C4C)c2cn1. The zero-order valence-corrected chi connectivity index (χ0v) is 20.7. The van der Waals surface area contributed by atoms with Crippen LogP contribution < -0.4 is 0 Å². The molecule has 2 aliphatic rings. The van der Waals surface area contributed by atoms with Crippen molar-refractivity contribution in [2.75, 3.05) is 20.3 Å². The van der Waals surface area contributed by atoms with E-state index < -0.39 is 0 Å². The van der Waals surface area contributed by atoms with Gasteiger partial charge in [-0.2, -0.15) is 5.10 Å². The maximum atomic E-state index is 12.9. The summed E-state index contributed by atoms with van der Waals surface area (Å²) in [5.74, 6) is 1.44. The van der Waals surface area contributed by atoms with Gasteiger partial charge in [-0.3, -0.25) is 14.5 Å². The lowest BCUT2D eigenvalue weighted by Crippen LogP contribution is -2.40. The van der Waals surface area contributed by atoms with Crippen molar-refractivity contribution < 1.29 is 9.53 Å². The summed E-state index contributed by atoms with van der Waals surface area (Å²) >= 11 is 0. The molecule has 1 amide bonds. The molecule has 0 N–H and O–H groups in total. The Morgan fingerprint density at radius 1 is 1.11 bits per heavy atom. The first kappa shape index (κ1) is 22.0. The molecule has 4 aromatic rings. The number of benzene rings is 1. The molecule has 0 bridgehead atoms. The van der Waals surface area contributed by atoms with Gasteiger partial charge in [0.1, 0.15) is 11.9 Å². The average Bonchev–Trinajstić information content (AvgIpc) is 3.41. The van der Waals surface area contributed by atoms with Crippen molar-refractivity contribution in [3.05, 3.63) is 53.9 Å². The number of carbonyl (C=O) groups excluding carboxylic acids is 1. The van der Waals surface area contributed by atoms with Gasteiger partial charge in [-0.1, -0.05) is 18.2 Å². The van der Waals surface area contributed by atoms with Crippen LogP contribution in [0.1, 0.15) is 48.9 Å². The van der Waals surface area contributed by atoms with Crippen LogP contribution in [0.3, 0.4) is 0 Å². The largest absolute Gasteiger partial charge is 0.381 e. The third-order valence-electron chi connectivity index (χ3n) is 7.44. The first-order valence-corrected chi connectivity index (χ1v) is 12.3. The number of ether oxygens (including phenoxy) is 1. The molecule has 0 radical (unpaired) electrons. The van der Waals surface area contributed by atoms with Gasteiger partial charge in [-0.05, 0) is 38.1 Å². The number of pyridine rings is 1. The number of imidazole rings is 1. The summed E-state index contributed by atoms with van der Waals surface area (Å²) in [6.45, 7) is 6.01. The zero-order valence-electron chi connectivity index (χ0n) is 20.7. The van der Waals surface area contributed by atoms with Gasteiger partial charge in [-0.15, -0.1) is 0 Å². The fourth-order valence-electron chi connectivity index (χ4n) is 5.64. The summed E-state index contributed by atoms with van der Waals surface area (Å²) < 4.78 is 9.63. The van der Waals surface area contributed by atoms with Gasteiger partial charge >= 0.3 is 0 Å². The summed E-state index contributed by atoms with van der Waals surface area (Å²) in [6.07, 6.45) is 5.82. The van der Waals surface area contributed by atoms with E-state index in [1.165, 1.54) is 0 Å². The van der Waals surface area contributed by atoms with Crippen LogP contribution in [0.4, 0.5) is 0 Å². The normalized spacial score (nSPS) is 18.9. The fraction of sp³-hybridized carbons (Fsp3) is 0.407. The van der Waals surface area contributed by atoms with Crippen LogP contribution in [-0.4, -0.2) is 55.4 Å². The van der Waals surface area contributed by atoms with Crippen molar-refractivity contribution >= 4 is 16.7 Å². The van der Waals surface area contributed by atoms with Gasteiger partial charge in [0.15, 0.2) is 0 Å². The van der Waals surface area contributed by atoms with Crippen molar-refractivity contribution in [1.82, 2.24) is 29.2 Å². The van der Waals surface area contributed by atoms with E-state index in [0.29, 0.717) is 12.5 Å². The van der Waals surface area contributed by atoms with E-state index in [2.05, 4.69) is 33.9 Å². The summed E-state index contributed by atoms with van der Waals surface area (Å²) in [4.78, 5) is 24.8. The molecule has 35 heavy (non-hydrogen) atoms. The molecule has 1 saturated heterocycles. The number of aromatic nitrogens is 5. The van der Waals surface area contributed by atoms with E-state index in [1.54, 1.807) is 0 Å². The van der Waals surface area contributed by atoms with Crippen molar-refractivity contribution in [3.8, 4) is 22.5 Å². The lowest BCUT2D eigenvalue weighted by atomic mass is 9.98. The van der Waals surface area contributed by atoms with Crippen molar-refractivity contribution in [2.24, 2.45) is 7.05 Å². The highest BCUT2D eigenvalue weighted by molar-refractivity contribution is 5.97. The van der Waals surface area contributed by atoms with Crippen molar-refractivity contribution in [2.45, 2.75) is 45.2 Å². The quantitative estimate of drug-likeness (QED) is 0.448. The standard InChI is InChI=1S/C27H30N6O2/c1-16-22(14-32(4)30-16)23-12-19-6-5-7-20(21(19)13-28-23)25-24-15-31(3)27(34)17(2)33(24)26(29-25)18-8-10-35-11-9-18/h5-7,12-14,17-18H,8-11,15H2,1-4H3. The molecule has 1 aromatic carbocycles. The van der Waals surface area contributed by atoms with Crippen LogP contribution in [0, 0.1) is 6.92 Å². The Morgan fingerprint density at radius 3 is 2.66 bits per heavy atom. The molecule has 1 atom stereocenters. The molecule has 180 valence electrons. The van der Waals surface area contributed by atoms with Gasteiger partial charge in [0.05, 0.1) is 29.3 Å². The van der Waals surface area contributed by atoms with E-state index in [4.69, 9.17) is 14.7 Å². The average molecular weight is 471 g/mol. The molecule has 0 saturated carbocycles. The summed E-state index contributed by atoms with van der Waals surface area (Å²) in [5, 5.41) is 6.64. The van der Waals surface area contributed by atoms with Gasteiger partial charge in [0.2, 0.25) is 5.91 Å². The van der Waals surface area contributed by atoms with Crippen LogP contribution in [-0.2, 0) is 23.1 Å². The first-order valence-electron chi connectivity index (χ1n) is 12.3. The minimum absolute atomic E-state index is 0.130. The van der Waals surface area contributed by atoms with Crippen LogP contribution in [0.15, 0.2) is 36.7 Å². The minimum atomic E-state index is -0.267. The number of fused-ring (bicyclic) bond motifs is 2. The zero-order chi connectivity index (χ0) is 24.3. The molecule has 5 heterocycles. The maximum Gasteiger partial charge on any atom is 0.245 e. The highest BCUT2D eigenvalue weighted by atomic mass is 16.5. The molecule has 0 aliphatic carbocycles. The lowest BCUT2D eigenvalue weighted by Gasteiger charge is -2.32. The fourth-order valence-corrected chi connectivity index (χ4v) is 5.64. The lowest BCUT2D eigenvalue weighted by molar-refractivity contribution is -0.135. The number of rotatable bonds is 3. The van der Waals surface area contributed by atoms with Gasteiger partial charge in [-0.25, -0.2) is 4.98 Å². The molecular formula is C27H30N6O2. The van der Waals surface area contributed by atoms with E-state index in [1.807, 2.05) is 49.9 Å². The third kappa shape index (κ3) is 3.55. The van der Waals surface area contributed by atoms with Gasteiger partial charge in [0.25, 0.3) is 0 Å². The van der Waals surface area contributed by atoms with Crippen LogP contribution in [0.5, 0.6) is 0 Å². The molecule has 2 aliphatic heterocycles. The Balaban J connectivity index is 1.52. The number of likely N-dealkylation sites (N-methyl/N-ethyl adjacent to an activating group) is 1. The number of nitrogens with zero attached hydrogens (tertiary/aromatic N) is 6. The molecule has 0 spiro atoms. The minimum Gasteiger partial charge on any atom is -0.381 e. The monoisotopic (exact) mass is 470 g/mol. The van der Waals surface area contributed by atoms with Crippen LogP contribution in [0.2, 0.25) is 0 Å². The number of amides is 1. The summed E-state index contributed by atoms with van der Waals surface area (Å²) in [5.41, 5.74) is 6.02. The van der Waals surface area contributed by atoms with E-state index in [-0.39, 0.29) is 11.9 Å². The first-order chi connectivity index (χ1) is 16.9. The Hall–Kier alpha value is -3.52. The van der Waals surface area contributed by atoms with E-state index >= 15 is 0 Å². The van der Waals surface area contributed by atoms with Crippen LogP contribution >= 0.6 is 0 Å². The Morgan fingerprint density at radius 2 is 1.91 bits per heavy atom. The molecule has 8 nitrogen and oxygen atoms in total. The molecule has 1 fully saturated rings. The van der Waals surface area contributed by atoms with Crippen molar-refractivity contribution in [1.29, 1.82) is 0 Å². The summed E-state index contributed by atoms with van der Waals surface area (Å²) in [6, 6.07) is 8.19. The van der Waals surface area contributed by atoms with E-state index in [0.717, 1.165) is 76.6 Å². The van der Waals surface area contributed by atoms with Gasteiger partial charge < -0.3 is 14.2 Å². The van der Waals surface area contributed by atoms with Gasteiger partial charge in [0, 0.05) is 62.1 Å². The highest BCUT2D eigenvalue weighted by Crippen LogP contribution is 2.39. The Labute approximate surface area is 204 Å². The Kier molecular flexibility index (Phi) is 5.21. The molecule has 3 aromatic heterocycles. The number of aryl methyl sites for hydroxylation is 2.